The Hall–Kier alpha value is -0.0400. The summed E-state index contributed by atoms with van der Waals surface area (Å²) in [6, 6.07) is 0. The molecule has 0 amide bonds. The zero-order chi connectivity index (χ0) is 9.80. The first-order valence-electron chi connectivity index (χ1n) is 6.60. The van der Waals surface area contributed by atoms with Gasteiger partial charge in [-0.05, 0) is 37.1 Å². The highest BCUT2D eigenvalue weighted by atomic mass is 14.6. The molecule has 82 valence electrons. The molecule has 2 aliphatic carbocycles. The summed E-state index contributed by atoms with van der Waals surface area (Å²) in [5.74, 6) is 2.92. The highest BCUT2D eigenvalue weighted by Gasteiger charge is 2.28. The van der Waals surface area contributed by atoms with Crippen molar-refractivity contribution in [2.45, 2.75) is 57.8 Å². The van der Waals surface area contributed by atoms with Gasteiger partial charge in [0, 0.05) is 0 Å². The maximum Gasteiger partial charge on any atom is -0.00462 e. The zero-order valence-corrected chi connectivity index (χ0v) is 9.38. The van der Waals surface area contributed by atoms with Gasteiger partial charge in [0.1, 0.15) is 0 Å². The van der Waals surface area contributed by atoms with Gasteiger partial charge in [0.05, 0.1) is 0 Å². The Labute approximate surface area is 88.4 Å². The molecule has 0 aliphatic heterocycles. The molecule has 1 heteroatoms. The van der Waals surface area contributed by atoms with Gasteiger partial charge in [0.25, 0.3) is 0 Å². The van der Waals surface area contributed by atoms with E-state index in [2.05, 4.69) is 0 Å². The van der Waals surface area contributed by atoms with Crippen LogP contribution in [0.3, 0.4) is 0 Å². The van der Waals surface area contributed by atoms with Crippen molar-refractivity contribution in [2.75, 3.05) is 6.54 Å². The average Bonchev–Trinajstić information content (AvgIpc) is 2.67. The van der Waals surface area contributed by atoms with Crippen LogP contribution in [0.1, 0.15) is 57.8 Å². The number of nitrogens with two attached hydrogens (primary N) is 1. The van der Waals surface area contributed by atoms with Crippen molar-refractivity contribution in [2.24, 2.45) is 23.5 Å². The van der Waals surface area contributed by atoms with E-state index in [1.165, 1.54) is 57.8 Å². The Morgan fingerprint density at radius 3 is 2.21 bits per heavy atom. The van der Waals surface area contributed by atoms with E-state index >= 15 is 0 Å². The number of hydrogen-bond donors (Lipinski definition) is 1. The second kappa shape index (κ2) is 5.16. The highest BCUT2D eigenvalue weighted by molar-refractivity contribution is 4.81. The lowest BCUT2D eigenvalue weighted by molar-refractivity contribution is 0.254. The predicted octanol–water partition coefficient (Wildman–Crippen LogP) is 3.33. The van der Waals surface area contributed by atoms with Gasteiger partial charge in [-0.3, -0.25) is 0 Å². The fraction of sp³-hybridized carbons (Fsp3) is 1.00. The van der Waals surface area contributed by atoms with E-state index in [1.54, 1.807) is 0 Å². The molecule has 0 saturated heterocycles. The summed E-state index contributed by atoms with van der Waals surface area (Å²) in [6.07, 6.45) is 13.3. The van der Waals surface area contributed by atoms with Crippen LogP contribution in [0, 0.1) is 17.8 Å². The molecule has 2 rings (SSSR count). The van der Waals surface area contributed by atoms with E-state index in [0.29, 0.717) is 0 Å². The molecule has 0 heterocycles. The van der Waals surface area contributed by atoms with E-state index in [-0.39, 0.29) is 0 Å². The van der Waals surface area contributed by atoms with Crippen molar-refractivity contribution in [3.8, 4) is 0 Å². The second-order valence-corrected chi connectivity index (χ2v) is 5.43. The average molecular weight is 195 g/mol. The molecular formula is C13H25N. The third-order valence-corrected chi connectivity index (χ3v) is 4.48. The maximum atomic E-state index is 5.83. The fourth-order valence-corrected chi connectivity index (χ4v) is 3.59. The van der Waals surface area contributed by atoms with Crippen LogP contribution in [-0.4, -0.2) is 6.54 Å². The summed E-state index contributed by atoms with van der Waals surface area (Å²) >= 11 is 0. The lowest BCUT2D eigenvalue weighted by Gasteiger charge is -2.27. The van der Waals surface area contributed by atoms with Gasteiger partial charge in [0.15, 0.2) is 0 Å². The van der Waals surface area contributed by atoms with Gasteiger partial charge in [-0.15, -0.1) is 0 Å². The van der Waals surface area contributed by atoms with Crippen LogP contribution in [-0.2, 0) is 0 Å². The molecule has 2 N–H and O–H groups in total. The Morgan fingerprint density at radius 1 is 0.786 bits per heavy atom. The van der Waals surface area contributed by atoms with E-state index in [0.717, 1.165) is 24.3 Å². The summed E-state index contributed by atoms with van der Waals surface area (Å²) in [7, 11) is 0. The topological polar surface area (TPSA) is 26.0 Å². The Morgan fingerprint density at radius 2 is 1.50 bits per heavy atom. The van der Waals surface area contributed by atoms with Crippen LogP contribution in [0.15, 0.2) is 0 Å². The molecule has 2 unspecified atom stereocenters. The van der Waals surface area contributed by atoms with Gasteiger partial charge in [-0.1, -0.05) is 44.9 Å². The van der Waals surface area contributed by atoms with Crippen molar-refractivity contribution in [1.82, 2.24) is 0 Å². The van der Waals surface area contributed by atoms with Gasteiger partial charge in [-0.25, -0.2) is 0 Å². The smallest absolute Gasteiger partial charge is 0.00462 e. The molecule has 0 aromatic carbocycles. The van der Waals surface area contributed by atoms with Gasteiger partial charge < -0.3 is 5.73 Å². The Bertz CT molecular complexity index is 161. The first-order chi connectivity index (χ1) is 6.90. The van der Waals surface area contributed by atoms with Gasteiger partial charge >= 0.3 is 0 Å². The lowest BCUT2D eigenvalue weighted by Crippen LogP contribution is -2.21. The van der Waals surface area contributed by atoms with Crippen molar-refractivity contribution in [1.29, 1.82) is 0 Å². The largest absolute Gasteiger partial charge is 0.330 e. The third-order valence-electron chi connectivity index (χ3n) is 4.48. The van der Waals surface area contributed by atoms with Crippen LogP contribution in [0.25, 0.3) is 0 Å². The van der Waals surface area contributed by atoms with Crippen LogP contribution >= 0.6 is 0 Å². The number of rotatable bonds is 3. The molecule has 2 atom stereocenters. The molecule has 0 aromatic rings. The maximum absolute atomic E-state index is 5.83. The molecular weight excluding hydrogens is 170 g/mol. The van der Waals surface area contributed by atoms with Crippen molar-refractivity contribution in [3.63, 3.8) is 0 Å². The van der Waals surface area contributed by atoms with Gasteiger partial charge in [0.2, 0.25) is 0 Å². The molecule has 0 spiro atoms. The van der Waals surface area contributed by atoms with Crippen LogP contribution in [0.2, 0.25) is 0 Å². The van der Waals surface area contributed by atoms with Gasteiger partial charge in [-0.2, -0.15) is 0 Å². The molecule has 0 radical (unpaired) electrons. The predicted molar refractivity (Wildman–Crippen MR) is 61.1 cm³/mol. The van der Waals surface area contributed by atoms with Crippen molar-refractivity contribution in [3.05, 3.63) is 0 Å². The molecule has 14 heavy (non-hydrogen) atoms. The minimum absolute atomic E-state index is 0.872. The standard InChI is InChI=1S/C13H25N/c14-10-13-8-4-7-12(13)9-11-5-2-1-3-6-11/h11-13H,1-10,14H2. The lowest BCUT2D eigenvalue weighted by atomic mass is 9.79. The summed E-state index contributed by atoms with van der Waals surface area (Å²) in [5, 5.41) is 0. The van der Waals surface area contributed by atoms with E-state index in [4.69, 9.17) is 5.73 Å². The summed E-state index contributed by atoms with van der Waals surface area (Å²) < 4.78 is 0. The van der Waals surface area contributed by atoms with E-state index in [9.17, 15) is 0 Å². The first-order valence-corrected chi connectivity index (χ1v) is 6.60. The molecule has 0 bridgehead atoms. The van der Waals surface area contributed by atoms with Crippen molar-refractivity contribution >= 4 is 0 Å². The summed E-state index contributed by atoms with van der Waals surface area (Å²) in [5.41, 5.74) is 5.83. The first kappa shape index (κ1) is 10.5. The quantitative estimate of drug-likeness (QED) is 0.734. The van der Waals surface area contributed by atoms with E-state index < -0.39 is 0 Å². The minimum Gasteiger partial charge on any atom is -0.330 e. The highest BCUT2D eigenvalue weighted by Crippen LogP contribution is 2.39. The zero-order valence-electron chi connectivity index (χ0n) is 9.38. The van der Waals surface area contributed by atoms with Crippen molar-refractivity contribution < 1.29 is 0 Å². The van der Waals surface area contributed by atoms with E-state index in [1.807, 2.05) is 0 Å². The normalized spacial score (nSPS) is 34.9. The second-order valence-electron chi connectivity index (χ2n) is 5.43. The number of hydrogen-bond acceptors (Lipinski definition) is 1. The molecule has 2 saturated carbocycles. The molecule has 2 fully saturated rings. The monoisotopic (exact) mass is 195 g/mol. The summed E-state index contributed by atoms with van der Waals surface area (Å²) in [4.78, 5) is 0. The Balaban J connectivity index is 1.77. The third kappa shape index (κ3) is 2.50. The molecule has 1 nitrogen and oxygen atoms in total. The van der Waals surface area contributed by atoms with Crippen LogP contribution < -0.4 is 5.73 Å². The summed E-state index contributed by atoms with van der Waals surface area (Å²) in [6.45, 7) is 0.942. The molecule has 2 aliphatic rings. The van der Waals surface area contributed by atoms with Crippen LogP contribution in [0.4, 0.5) is 0 Å². The minimum atomic E-state index is 0.872. The fourth-order valence-electron chi connectivity index (χ4n) is 3.59. The SMILES string of the molecule is NCC1CCCC1CC1CCCCC1. The Kier molecular flexibility index (Phi) is 3.86. The molecule has 0 aromatic heterocycles. The van der Waals surface area contributed by atoms with Crippen LogP contribution in [0.5, 0.6) is 0 Å².